The molecule has 0 aliphatic heterocycles. The summed E-state index contributed by atoms with van der Waals surface area (Å²) in [5.41, 5.74) is 10.7. The van der Waals surface area contributed by atoms with Crippen molar-refractivity contribution in [3.8, 4) is 22.7 Å². The van der Waals surface area contributed by atoms with E-state index < -0.39 is 0 Å². The number of nitrogens with zero attached hydrogens (tertiary/aromatic N) is 3. The third-order valence-corrected chi connectivity index (χ3v) is 3.96. The van der Waals surface area contributed by atoms with E-state index in [0.717, 1.165) is 33.7 Å². The molecular weight excluding hydrogens is 300 g/mol. The van der Waals surface area contributed by atoms with E-state index in [-0.39, 0.29) is 0 Å². The lowest BCUT2D eigenvalue weighted by Crippen LogP contribution is -1.99. The SMILES string of the molecule is COc1ccnc(-c2ccc3c(c2)nc(N)n3-c2ccccc2)c1. The number of imidazole rings is 1. The molecule has 5 heteroatoms. The molecule has 0 aliphatic carbocycles. The zero-order chi connectivity index (χ0) is 16.5. The van der Waals surface area contributed by atoms with Gasteiger partial charge in [0.25, 0.3) is 0 Å². The van der Waals surface area contributed by atoms with E-state index in [1.54, 1.807) is 13.3 Å². The van der Waals surface area contributed by atoms with Gasteiger partial charge in [-0.05, 0) is 30.3 Å². The summed E-state index contributed by atoms with van der Waals surface area (Å²) in [5.74, 6) is 1.24. The Hall–Kier alpha value is -3.34. The van der Waals surface area contributed by atoms with Crippen LogP contribution >= 0.6 is 0 Å². The summed E-state index contributed by atoms with van der Waals surface area (Å²) in [7, 11) is 1.64. The molecule has 0 saturated heterocycles. The Kier molecular flexibility index (Phi) is 3.39. The fourth-order valence-corrected chi connectivity index (χ4v) is 2.80. The molecule has 0 radical (unpaired) electrons. The molecule has 0 spiro atoms. The van der Waals surface area contributed by atoms with E-state index in [1.807, 2.05) is 65.2 Å². The normalized spacial score (nSPS) is 10.9. The van der Waals surface area contributed by atoms with Gasteiger partial charge >= 0.3 is 0 Å². The first-order chi connectivity index (χ1) is 11.8. The van der Waals surface area contributed by atoms with Gasteiger partial charge in [-0.25, -0.2) is 4.98 Å². The third-order valence-electron chi connectivity index (χ3n) is 3.96. The summed E-state index contributed by atoms with van der Waals surface area (Å²) in [6.45, 7) is 0. The molecule has 0 fully saturated rings. The molecule has 2 heterocycles. The van der Waals surface area contributed by atoms with Crippen LogP contribution in [-0.4, -0.2) is 21.6 Å². The summed E-state index contributed by atoms with van der Waals surface area (Å²) in [4.78, 5) is 8.91. The monoisotopic (exact) mass is 316 g/mol. The highest BCUT2D eigenvalue weighted by Crippen LogP contribution is 2.28. The van der Waals surface area contributed by atoms with Crippen LogP contribution < -0.4 is 10.5 Å². The van der Waals surface area contributed by atoms with Gasteiger partial charge in [-0.1, -0.05) is 24.3 Å². The van der Waals surface area contributed by atoms with Crippen LogP contribution in [0.4, 0.5) is 5.95 Å². The number of ether oxygens (including phenoxy) is 1. The fourth-order valence-electron chi connectivity index (χ4n) is 2.80. The second-order valence-electron chi connectivity index (χ2n) is 5.43. The zero-order valence-electron chi connectivity index (χ0n) is 13.2. The van der Waals surface area contributed by atoms with Crippen molar-refractivity contribution in [2.75, 3.05) is 12.8 Å². The minimum atomic E-state index is 0.465. The molecule has 4 aromatic rings. The average Bonchev–Trinajstić information content (AvgIpc) is 2.97. The highest BCUT2D eigenvalue weighted by Gasteiger charge is 2.11. The molecule has 0 amide bonds. The lowest BCUT2D eigenvalue weighted by atomic mass is 10.1. The van der Waals surface area contributed by atoms with Crippen molar-refractivity contribution in [3.63, 3.8) is 0 Å². The summed E-state index contributed by atoms with van der Waals surface area (Å²) in [5, 5.41) is 0. The second-order valence-corrected chi connectivity index (χ2v) is 5.43. The number of para-hydroxylation sites is 1. The molecule has 4 rings (SSSR count). The summed E-state index contributed by atoms with van der Waals surface area (Å²) in [6, 6.07) is 19.7. The number of benzene rings is 2. The Bertz CT molecular complexity index is 1010. The van der Waals surface area contributed by atoms with Crippen molar-refractivity contribution in [2.45, 2.75) is 0 Å². The number of methoxy groups -OCH3 is 1. The van der Waals surface area contributed by atoms with Crippen molar-refractivity contribution < 1.29 is 4.74 Å². The van der Waals surface area contributed by atoms with Crippen molar-refractivity contribution in [1.82, 2.24) is 14.5 Å². The molecule has 0 saturated carbocycles. The van der Waals surface area contributed by atoms with E-state index in [2.05, 4.69) is 9.97 Å². The van der Waals surface area contributed by atoms with E-state index >= 15 is 0 Å². The lowest BCUT2D eigenvalue weighted by molar-refractivity contribution is 0.414. The molecule has 2 aromatic carbocycles. The average molecular weight is 316 g/mol. The molecule has 118 valence electrons. The number of rotatable bonds is 3. The van der Waals surface area contributed by atoms with Gasteiger partial charge in [0.05, 0.1) is 23.8 Å². The van der Waals surface area contributed by atoms with Crippen LogP contribution in [0.1, 0.15) is 0 Å². The first-order valence-electron chi connectivity index (χ1n) is 7.60. The second kappa shape index (κ2) is 5.70. The van der Waals surface area contributed by atoms with Crippen molar-refractivity contribution in [2.24, 2.45) is 0 Å². The van der Waals surface area contributed by atoms with Crippen molar-refractivity contribution in [1.29, 1.82) is 0 Å². The Labute approximate surface area is 139 Å². The summed E-state index contributed by atoms with van der Waals surface area (Å²) < 4.78 is 7.21. The van der Waals surface area contributed by atoms with Crippen molar-refractivity contribution in [3.05, 3.63) is 66.9 Å². The Morgan fingerprint density at radius 3 is 2.62 bits per heavy atom. The first kappa shape index (κ1) is 14.3. The number of fused-ring (bicyclic) bond motifs is 1. The van der Waals surface area contributed by atoms with Crippen molar-refractivity contribution >= 4 is 17.0 Å². The number of anilines is 1. The number of nitrogen functional groups attached to an aromatic ring is 1. The minimum Gasteiger partial charge on any atom is -0.497 e. The van der Waals surface area contributed by atoms with E-state index in [9.17, 15) is 0 Å². The maximum Gasteiger partial charge on any atom is 0.205 e. The number of aromatic nitrogens is 3. The van der Waals surface area contributed by atoms with Gasteiger partial charge in [0, 0.05) is 23.5 Å². The topological polar surface area (TPSA) is 66.0 Å². The Balaban J connectivity index is 1.86. The number of hydrogen-bond acceptors (Lipinski definition) is 4. The summed E-state index contributed by atoms with van der Waals surface area (Å²) in [6.07, 6.45) is 1.73. The molecule has 0 atom stereocenters. The molecular formula is C19H16N4O. The fraction of sp³-hybridized carbons (Fsp3) is 0.0526. The van der Waals surface area contributed by atoms with Gasteiger partial charge in [0.15, 0.2) is 0 Å². The van der Waals surface area contributed by atoms with E-state index in [4.69, 9.17) is 10.5 Å². The predicted octanol–water partition coefficient (Wildman–Crippen LogP) is 3.68. The van der Waals surface area contributed by atoms with Gasteiger partial charge in [-0.15, -0.1) is 0 Å². The largest absolute Gasteiger partial charge is 0.497 e. The van der Waals surface area contributed by atoms with Crippen LogP contribution in [0.5, 0.6) is 5.75 Å². The molecule has 2 aromatic heterocycles. The Morgan fingerprint density at radius 2 is 1.83 bits per heavy atom. The van der Waals surface area contributed by atoms with Crippen LogP contribution in [0.15, 0.2) is 66.9 Å². The molecule has 5 nitrogen and oxygen atoms in total. The molecule has 24 heavy (non-hydrogen) atoms. The maximum atomic E-state index is 6.14. The van der Waals surface area contributed by atoms with Crippen LogP contribution in [-0.2, 0) is 0 Å². The van der Waals surface area contributed by atoms with Crippen LogP contribution in [0.25, 0.3) is 28.0 Å². The van der Waals surface area contributed by atoms with Crippen LogP contribution in [0, 0.1) is 0 Å². The van der Waals surface area contributed by atoms with Gasteiger partial charge in [-0.2, -0.15) is 0 Å². The van der Waals surface area contributed by atoms with Gasteiger partial charge in [0.2, 0.25) is 5.95 Å². The highest BCUT2D eigenvalue weighted by molar-refractivity contribution is 5.85. The summed E-state index contributed by atoms with van der Waals surface area (Å²) >= 11 is 0. The molecule has 0 aliphatic rings. The number of hydrogen-bond donors (Lipinski definition) is 1. The Morgan fingerprint density at radius 1 is 1.00 bits per heavy atom. The standard InChI is InChI=1S/C19H16N4O/c1-24-15-9-10-21-16(12-15)13-7-8-18-17(11-13)22-19(20)23(18)14-5-3-2-4-6-14/h2-12H,1H3,(H2,20,22). The predicted molar refractivity (Wildman–Crippen MR) is 95.3 cm³/mol. The third kappa shape index (κ3) is 2.36. The lowest BCUT2D eigenvalue weighted by Gasteiger charge is -2.07. The van der Waals surface area contributed by atoms with E-state index in [1.165, 1.54) is 0 Å². The molecule has 0 bridgehead atoms. The zero-order valence-corrected chi connectivity index (χ0v) is 13.2. The van der Waals surface area contributed by atoms with E-state index in [0.29, 0.717) is 5.95 Å². The molecule has 2 N–H and O–H groups in total. The number of nitrogens with two attached hydrogens (primary N) is 1. The smallest absolute Gasteiger partial charge is 0.205 e. The van der Waals surface area contributed by atoms with Crippen LogP contribution in [0.3, 0.4) is 0 Å². The van der Waals surface area contributed by atoms with Gasteiger partial charge in [-0.3, -0.25) is 9.55 Å². The maximum absolute atomic E-state index is 6.14. The first-order valence-corrected chi connectivity index (χ1v) is 7.60. The quantitative estimate of drug-likeness (QED) is 0.626. The highest BCUT2D eigenvalue weighted by atomic mass is 16.5. The minimum absolute atomic E-state index is 0.465. The van der Waals surface area contributed by atoms with Gasteiger partial charge < -0.3 is 10.5 Å². The van der Waals surface area contributed by atoms with Gasteiger partial charge in [0.1, 0.15) is 5.75 Å². The molecule has 0 unspecified atom stereocenters. The number of pyridine rings is 1. The van der Waals surface area contributed by atoms with Crippen LogP contribution in [0.2, 0.25) is 0 Å².